The first-order valence-electron chi connectivity index (χ1n) is 11.2. The second-order valence-corrected chi connectivity index (χ2v) is 10.5. The lowest BCUT2D eigenvalue weighted by Crippen LogP contribution is -2.47. The second-order valence-electron chi connectivity index (χ2n) is 9.32. The number of aromatic nitrogens is 1. The van der Waals surface area contributed by atoms with Gasteiger partial charge in [-0.05, 0) is 93.6 Å². The number of anilines is 2. The maximum atomic E-state index is 13.3. The Labute approximate surface area is 211 Å². The van der Waals surface area contributed by atoms with Crippen LogP contribution in [0.4, 0.5) is 29.5 Å². The summed E-state index contributed by atoms with van der Waals surface area (Å²) in [5, 5.41) is 6.68. The zero-order valence-corrected chi connectivity index (χ0v) is 21.0. The number of rotatable bonds is 6. The molecule has 3 amide bonds. The summed E-state index contributed by atoms with van der Waals surface area (Å²) >= 11 is -0.253. The van der Waals surface area contributed by atoms with Crippen LogP contribution in [0.1, 0.15) is 33.3 Å². The molecule has 7 nitrogen and oxygen atoms in total. The molecular formula is C25H26F3N5O2S. The van der Waals surface area contributed by atoms with Gasteiger partial charge in [0.15, 0.2) is 0 Å². The fourth-order valence-electron chi connectivity index (χ4n) is 4.17. The van der Waals surface area contributed by atoms with Crippen LogP contribution in [0.3, 0.4) is 0 Å². The molecule has 4 rings (SSSR count). The third kappa shape index (κ3) is 5.35. The first kappa shape index (κ1) is 25.6. The van der Waals surface area contributed by atoms with Crippen LogP contribution in [0, 0.1) is 0 Å². The molecule has 0 saturated carbocycles. The van der Waals surface area contributed by atoms with E-state index in [1.807, 2.05) is 38.1 Å². The minimum atomic E-state index is -4.42. The van der Waals surface area contributed by atoms with E-state index in [-0.39, 0.29) is 28.9 Å². The topological polar surface area (TPSA) is 77.6 Å². The summed E-state index contributed by atoms with van der Waals surface area (Å²) in [5.41, 5.74) is -4.15. The van der Waals surface area contributed by atoms with Crippen molar-refractivity contribution < 1.29 is 22.8 Å². The molecule has 0 spiro atoms. The van der Waals surface area contributed by atoms with E-state index in [0.29, 0.717) is 5.82 Å². The highest BCUT2D eigenvalue weighted by Gasteiger charge is 2.51. The number of nitrogens with zero attached hydrogens (tertiary/aromatic N) is 3. The van der Waals surface area contributed by atoms with Crippen LogP contribution in [-0.4, -0.2) is 38.5 Å². The van der Waals surface area contributed by atoms with Gasteiger partial charge in [-0.25, -0.2) is 14.7 Å². The number of thioether (sulfide) groups is 1. The Bertz CT molecular complexity index is 1240. The maximum Gasteiger partial charge on any atom is 0.446 e. The number of carbonyl (C=O) groups excluding carboxylic acids is 2. The molecule has 190 valence electrons. The van der Waals surface area contributed by atoms with Crippen LogP contribution >= 0.6 is 11.8 Å². The van der Waals surface area contributed by atoms with Crippen molar-refractivity contribution in [2.24, 2.45) is 0 Å². The van der Waals surface area contributed by atoms with Gasteiger partial charge in [0.1, 0.15) is 17.0 Å². The lowest BCUT2D eigenvalue weighted by atomic mass is 10.0. The largest absolute Gasteiger partial charge is 0.446 e. The van der Waals surface area contributed by atoms with E-state index >= 15 is 0 Å². The van der Waals surface area contributed by atoms with Crippen LogP contribution in [0.25, 0.3) is 0 Å². The number of imide groups is 1. The van der Waals surface area contributed by atoms with Gasteiger partial charge in [-0.3, -0.25) is 4.79 Å². The van der Waals surface area contributed by atoms with Crippen LogP contribution in [0.5, 0.6) is 0 Å². The zero-order chi connectivity index (χ0) is 26.3. The number of hydrogen-bond donors (Lipinski definition) is 2. The van der Waals surface area contributed by atoms with Crippen molar-refractivity contribution in [3.63, 3.8) is 0 Å². The summed E-state index contributed by atoms with van der Waals surface area (Å²) in [6.07, 6.45) is 7.50. The second kappa shape index (κ2) is 9.20. The summed E-state index contributed by atoms with van der Waals surface area (Å²) < 4.78 is 37.9. The van der Waals surface area contributed by atoms with Gasteiger partial charge >= 0.3 is 11.5 Å². The van der Waals surface area contributed by atoms with Crippen molar-refractivity contribution in [3.8, 4) is 0 Å². The first-order chi connectivity index (χ1) is 16.8. The number of halogens is 3. The molecule has 11 heteroatoms. The Balaban J connectivity index is 1.53. The Kier molecular flexibility index (Phi) is 6.54. The summed E-state index contributed by atoms with van der Waals surface area (Å²) in [7, 11) is 0. The Morgan fingerprint density at radius 1 is 1.11 bits per heavy atom. The highest BCUT2D eigenvalue weighted by Crippen LogP contribution is 2.39. The summed E-state index contributed by atoms with van der Waals surface area (Å²) in [4.78, 5) is 33.3. The van der Waals surface area contributed by atoms with Crippen LogP contribution < -0.4 is 15.5 Å². The molecule has 2 N–H and O–H groups in total. The number of allylic oxidation sites excluding steroid dienone is 3. The van der Waals surface area contributed by atoms with E-state index < -0.39 is 28.6 Å². The van der Waals surface area contributed by atoms with Gasteiger partial charge in [0.25, 0.3) is 5.91 Å². The highest BCUT2D eigenvalue weighted by molar-refractivity contribution is 8.00. The lowest BCUT2D eigenvalue weighted by molar-refractivity contribution is -0.123. The summed E-state index contributed by atoms with van der Waals surface area (Å²) in [5.74, 6) is 0.134. The number of hydrogen-bond acceptors (Lipinski definition) is 6. The number of alkyl halides is 3. The van der Waals surface area contributed by atoms with Crippen molar-refractivity contribution in [1.82, 2.24) is 15.2 Å². The Morgan fingerprint density at radius 3 is 2.44 bits per heavy atom. The fraction of sp³-hybridized carbons (Fsp3) is 0.320. The van der Waals surface area contributed by atoms with Gasteiger partial charge in [0.05, 0.1) is 5.69 Å². The van der Waals surface area contributed by atoms with Gasteiger partial charge in [-0.2, -0.15) is 13.2 Å². The predicted octanol–water partition coefficient (Wildman–Crippen LogP) is 5.63. The lowest BCUT2D eigenvalue weighted by Gasteiger charge is -2.33. The van der Waals surface area contributed by atoms with E-state index in [2.05, 4.69) is 15.6 Å². The number of pyridine rings is 1. The Morgan fingerprint density at radius 2 is 1.81 bits per heavy atom. The molecule has 2 aromatic rings. The van der Waals surface area contributed by atoms with Crippen LogP contribution in [0.15, 0.2) is 71.4 Å². The summed E-state index contributed by atoms with van der Waals surface area (Å²) in [6.45, 7) is 7.37. The van der Waals surface area contributed by atoms with Crippen LogP contribution in [-0.2, 0) is 11.3 Å². The summed E-state index contributed by atoms with van der Waals surface area (Å²) in [6, 6.07) is 8.22. The van der Waals surface area contributed by atoms with E-state index in [1.54, 1.807) is 26.1 Å². The molecule has 2 aliphatic rings. The number of benzene rings is 1. The van der Waals surface area contributed by atoms with Gasteiger partial charge in [-0.15, -0.1) is 0 Å². The maximum absolute atomic E-state index is 13.3. The molecule has 1 aromatic heterocycles. The predicted molar refractivity (Wildman–Crippen MR) is 133 cm³/mol. The minimum Gasteiger partial charge on any atom is -0.363 e. The molecule has 3 heterocycles. The first-order valence-corrected chi connectivity index (χ1v) is 12.0. The van der Waals surface area contributed by atoms with Crippen molar-refractivity contribution in [1.29, 1.82) is 0 Å². The van der Waals surface area contributed by atoms with Crippen molar-refractivity contribution in [3.05, 3.63) is 72.1 Å². The third-order valence-electron chi connectivity index (χ3n) is 5.94. The van der Waals surface area contributed by atoms with E-state index in [1.165, 1.54) is 29.2 Å². The van der Waals surface area contributed by atoms with Crippen molar-refractivity contribution >= 4 is 35.2 Å². The number of carbonyl (C=O) groups is 2. The van der Waals surface area contributed by atoms with E-state index in [0.717, 1.165) is 16.2 Å². The average Bonchev–Trinajstić information content (AvgIpc) is 2.93. The van der Waals surface area contributed by atoms with Gasteiger partial charge < -0.3 is 15.5 Å². The number of dihydropyridines is 1. The fourth-order valence-corrected chi connectivity index (χ4v) is 4.71. The molecule has 0 aliphatic carbocycles. The molecule has 0 bridgehead atoms. The van der Waals surface area contributed by atoms with Crippen LogP contribution in [0.2, 0.25) is 0 Å². The number of nitrogens with one attached hydrogen (secondary N) is 2. The standard InChI is InChI=1S/C25H26F3N5O2S/c1-16-6-5-12-24(4,30-16)31-20-14-17(11-13-29-20)15-32-22(35)33(21(34)23(32,2)3)18-7-9-19(10-8-18)36-25(26,27)28/h5-14,30H,15H2,1-4H3,(H,29,31). The monoisotopic (exact) mass is 517 g/mol. The third-order valence-corrected chi connectivity index (χ3v) is 6.68. The molecule has 1 fully saturated rings. The van der Waals surface area contributed by atoms with E-state index in [9.17, 15) is 22.8 Å². The van der Waals surface area contributed by atoms with E-state index in [4.69, 9.17) is 0 Å². The number of amides is 3. The molecule has 1 atom stereocenters. The van der Waals surface area contributed by atoms with Gasteiger partial charge in [-0.1, -0.05) is 6.08 Å². The molecule has 1 unspecified atom stereocenters. The SMILES string of the molecule is CC1=CC=CC(C)(Nc2cc(CN3C(=O)N(c4ccc(SC(F)(F)F)cc4)C(=O)C3(C)C)ccn2)N1. The quantitative estimate of drug-likeness (QED) is 0.382. The molecule has 36 heavy (non-hydrogen) atoms. The molecule has 1 saturated heterocycles. The Hall–Kier alpha value is -3.47. The zero-order valence-electron chi connectivity index (χ0n) is 20.2. The molecule has 0 radical (unpaired) electrons. The van der Waals surface area contributed by atoms with Crippen molar-refractivity contribution in [2.75, 3.05) is 10.2 Å². The molecule has 1 aromatic carbocycles. The normalized spacial score (nSPS) is 21.5. The van der Waals surface area contributed by atoms with Gasteiger partial charge in [0, 0.05) is 23.3 Å². The van der Waals surface area contributed by atoms with Crippen molar-refractivity contribution in [2.45, 2.75) is 55.8 Å². The molecule has 2 aliphatic heterocycles. The smallest absolute Gasteiger partial charge is 0.363 e. The number of urea groups is 1. The average molecular weight is 518 g/mol. The minimum absolute atomic E-state index is 0.0278. The highest BCUT2D eigenvalue weighted by atomic mass is 32.2. The van der Waals surface area contributed by atoms with Gasteiger partial charge in [0.2, 0.25) is 0 Å². The molecular weight excluding hydrogens is 491 g/mol.